The molecule has 0 atom stereocenters. The van der Waals surface area contributed by atoms with E-state index in [-0.39, 0.29) is 12.5 Å². The van der Waals surface area contributed by atoms with Gasteiger partial charge in [0.2, 0.25) is 0 Å². The van der Waals surface area contributed by atoms with Gasteiger partial charge in [0.15, 0.2) is 18.1 Å². The standard InChI is InChI=1S/C17H15BrN2O4/c1-22-14-6-4-3-5-13(14)20-17(21)10-24-16-8-12(18)11(9-19)7-15(16)23-2/h3-8H,10H2,1-2H3,(H,20,21). The molecule has 6 nitrogen and oxygen atoms in total. The molecule has 1 amide bonds. The zero-order chi connectivity index (χ0) is 17.5. The number of carbonyl (C=O) groups is 1. The third-order valence-corrected chi connectivity index (χ3v) is 3.77. The van der Waals surface area contributed by atoms with Gasteiger partial charge in [0, 0.05) is 10.5 Å². The molecule has 2 aromatic carbocycles. The van der Waals surface area contributed by atoms with Crippen molar-refractivity contribution in [2.75, 3.05) is 26.1 Å². The van der Waals surface area contributed by atoms with Crippen LogP contribution in [0.2, 0.25) is 0 Å². The highest BCUT2D eigenvalue weighted by molar-refractivity contribution is 9.10. The van der Waals surface area contributed by atoms with Crippen LogP contribution in [0, 0.1) is 11.3 Å². The van der Waals surface area contributed by atoms with Crippen LogP contribution in [0.5, 0.6) is 17.2 Å². The van der Waals surface area contributed by atoms with Crippen molar-refractivity contribution in [1.82, 2.24) is 0 Å². The Morgan fingerprint density at radius 3 is 2.54 bits per heavy atom. The maximum atomic E-state index is 12.1. The molecule has 0 bridgehead atoms. The number of carbonyl (C=O) groups excluding carboxylic acids is 1. The highest BCUT2D eigenvalue weighted by Crippen LogP contribution is 2.33. The van der Waals surface area contributed by atoms with E-state index >= 15 is 0 Å². The van der Waals surface area contributed by atoms with Crippen LogP contribution >= 0.6 is 15.9 Å². The van der Waals surface area contributed by atoms with Crippen LogP contribution in [0.4, 0.5) is 5.69 Å². The van der Waals surface area contributed by atoms with Crippen LogP contribution in [0.1, 0.15) is 5.56 Å². The minimum atomic E-state index is -0.345. The van der Waals surface area contributed by atoms with Crippen LogP contribution in [-0.4, -0.2) is 26.7 Å². The Hall–Kier alpha value is -2.72. The van der Waals surface area contributed by atoms with Crippen molar-refractivity contribution in [2.24, 2.45) is 0 Å². The molecule has 0 saturated carbocycles. The van der Waals surface area contributed by atoms with Crippen molar-refractivity contribution in [3.63, 3.8) is 0 Å². The highest BCUT2D eigenvalue weighted by atomic mass is 79.9. The predicted octanol–water partition coefficient (Wildman–Crippen LogP) is 3.36. The van der Waals surface area contributed by atoms with Crippen molar-refractivity contribution in [3.05, 3.63) is 46.4 Å². The molecule has 2 rings (SSSR count). The zero-order valence-electron chi connectivity index (χ0n) is 13.1. The number of rotatable bonds is 6. The molecule has 7 heteroatoms. The van der Waals surface area contributed by atoms with Gasteiger partial charge in [0.05, 0.1) is 25.5 Å². The van der Waals surface area contributed by atoms with Gasteiger partial charge in [-0.2, -0.15) is 5.26 Å². The molecule has 124 valence electrons. The minimum Gasteiger partial charge on any atom is -0.495 e. The molecule has 0 aliphatic heterocycles. The number of ether oxygens (including phenoxy) is 3. The lowest BCUT2D eigenvalue weighted by atomic mass is 10.2. The Balaban J connectivity index is 2.07. The van der Waals surface area contributed by atoms with Gasteiger partial charge in [0.25, 0.3) is 5.91 Å². The molecule has 0 aliphatic rings. The van der Waals surface area contributed by atoms with Crippen LogP contribution in [0.15, 0.2) is 40.9 Å². The highest BCUT2D eigenvalue weighted by Gasteiger charge is 2.13. The molecule has 2 aromatic rings. The van der Waals surface area contributed by atoms with E-state index in [4.69, 9.17) is 19.5 Å². The zero-order valence-corrected chi connectivity index (χ0v) is 14.7. The van der Waals surface area contributed by atoms with Crippen molar-refractivity contribution in [2.45, 2.75) is 0 Å². The molecule has 0 heterocycles. The fourth-order valence-electron chi connectivity index (χ4n) is 1.97. The topological polar surface area (TPSA) is 80.6 Å². The third-order valence-electron chi connectivity index (χ3n) is 3.11. The maximum Gasteiger partial charge on any atom is 0.262 e. The van der Waals surface area contributed by atoms with Gasteiger partial charge >= 0.3 is 0 Å². The molecule has 1 N–H and O–H groups in total. The van der Waals surface area contributed by atoms with Crippen molar-refractivity contribution < 1.29 is 19.0 Å². The normalized spacial score (nSPS) is 9.75. The second kappa shape index (κ2) is 8.22. The summed E-state index contributed by atoms with van der Waals surface area (Å²) in [6.07, 6.45) is 0. The Morgan fingerprint density at radius 1 is 1.17 bits per heavy atom. The number of benzene rings is 2. The van der Waals surface area contributed by atoms with Crippen LogP contribution < -0.4 is 19.5 Å². The van der Waals surface area contributed by atoms with Crippen LogP contribution in [0.25, 0.3) is 0 Å². The van der Waals surface area contributed by atoms with E-state index < -0.39 is 0 Å². The van der Waals surface area contributed by atoms with Gasteiger partial charge in [-0.1, -0.05) is 12.1 Å². The van der Waals surface area contributed by atoms with Crippen molar-refractivity contribution >= 4 is 27.5 Å². The average molecular weight is 391 g/mol. The SMILES string of the molecule is COc1ccccc1NC(=O)COc1cc(Br)c(C#N)cc1OC. The first-order chi connectivity index (χ1) is 11.6. The van der Waals surface area contributed by atoms with Crippen LogP contribution in [-0.2, 0) is 4.79 Å². The molecule has 0 radical (unpaired) electrons. The smallest absolute Gasteiger partial charge is 0.262 e. The summed E-state index contributed by atoms with van der Waals surface area (Å²) in [6.45, 7) is -0.216. The predicted molar refractivity (Wildman–Crippen MR) is 92.5 cm³/mol. The minimum absolute atomic E-state index is 0.216. The molecule has 0 unspecified atom stereocenters. The number of nitrogens with zero attached hydrogens (tertiary/aromatic N) is 1. The quantitative estimate of drug-likeness (QED) is 0.817. The molecular weight excluding hydrogens is 376 g/mol. The average Bonchev–Trinajstić information content (AvgIpc) is 2.60. The van der Waals surface area contributed by atoms with Crippen molar-refractivity contribution in [3.8, 4) is 23.3 Å². The number of halogens is 1. The van der Waals surface area contributed by atoms with Gasteiger partial charge in [-0.25, -0.2) is 0 Å². The second-order valence-electron chi connectivity index (χ2n) is 4.63. The van der Waals surface area contributed by atoms with Crippen LogP contribution in [0.3, 0.4) is 0 Å². The number of hydrogen-bond donors (Lipinski definition) is 1. The van der Waals surface area contributed by atoms with Crippen molar-refractivity contribution in [1.29, 1.82) is 5.26 Å². The fraction of sp³-hybridized carbons (Fsp3) is 0.176. The lowest BCUT2D eigenvalue weighted by molar-refractivity contribution is -0.118. The molecule has 24 heavy (non-hydrogen) atoms. The molecule has 0 aromatic heterocycles. The monoisotopic (exact) mass is 390 g/mol. The summed E-state index contributed by atoms with van der Waals surface area (Å²) in [4.78, 5) is 12.1. The van der Waals surface area contributed by atoms with E-state index in [2.05, 4.69) is 21.2 Å². The first-order valence-corrected chi connectivity index (χ1v) is 7.71. The number of anilines is 1. The molecule has 0 fully saturated rings. The number of methoxy groups -OCH3 is 2. The van der Waals surface area contributed by atoms with E-state index in [0.717, 1.165) is 0 Å². The molecule has 0 aliphatic carbocycles. The number of nitrogens with one attached hydrogen (secondary N) is 1. The van der Waals surface area contributed by atoms with E-state index in [1.807, 2.05) is 12.1 Å². The Morgan fingerprint density at radius 2 is 1.88 bits per heavy atom. The summed E-state index contributed by atoms with van der Waals surface area (Å²) in [7, 11) is 2.99. The molecule has 0 spiro atoms. The van der Waals surface area contributed by atoms with Gasteiger partial charge in [-0.15, -0.1) is 0 Å². The second-order valence-corrected chi connectivity index (χ2v) is 5.49. The van der Waals surface area contributed by atoms with E-state index in [0.29, 0.717) is 33.0 Å². The van der Waals surface area contributed by atoms with Gasteiger partial charge in [-0.05, 0) is 34.1 Å². The van der Waals surface area contributed by atoms with Gasteiger partial charge in [0.1, 0.15) is 11.8 Å². The number of para-hydroxylation sites is 2. The summed E-state index contributed by atoms with van der Waals surface area (Å²) >= 11 is 3.28. The number of nitriles is 1. The number of hydrogen-bond acceptors (Lipinski definition) is 5. The summed E-state index contributed by atoms with van der Waals surface area (Å²) in [5, 5.41) is 11.7. The molecular formula is C17H15BrN2O4. The maximum absolute atomic E-state index is 12.1. The Labute approximate surface area is 148 Å². The van der Waals surface area contributed by atoms with E-state index in [9.17, 15) is 4.79 Å². The summed E-state index contributed by atoms with van der Waals surface area (Å²) < 4.78 is 16.4. The lowest BCUT2D eigenvalue weighted by Gasteiger charge is -2.13. The van der Waals surface area contributed by atoms with Gasteiger partial charge < -0.3 is 19.5 Å². The Bertz CT molecular complexity index is 787. The summed E-state index contributed by atoms with van der Waals surface area (Å²) in [6, 6.07) is 12.2. The molecule has 0 saturated heterocycles. The van der Waals surface area contributed by atoms with E-state index in [1.54, 1.807) is 24.3 Å². The largest absolute Gasteiger partial charge is 0.495 e. The first kappa shape index (κ1) is 17.6. The summed E-state index contributed by atoms with van der Waals surface area (Å²) in [5.74, 6) is 0.949. The number of amides is 1. The Kier molecular flexibility index (Phi) is 6.04. The van der Waals surface area contributed by atoms with E-state index in [1.165, 1.54) is 20.3 Å². The van der Waals surface area contributed by atoms with Gasteiger partial charge in [-0.3, -0.25) is 4.79 Å². The third kappa shape index (κ3) is 4.18. The lowest BCUT2D eigenvalue weighted by Crippen LogP contribution is -2.20. The summed E-state index contributed by atoms with van der Waals surface area (Å²) in [5.41, 5.74) is 0.972. The first-order valence-electron chi connectivity index (χ1n) is 6.92. The fourth-order valence-corrected chi connectivity index (χ4v) is 2.38.